The summed E-state index contributed by atoms with van der Waals surface area (Å²) in [6.45, 7) is 2.23. The van der Waals surface area contributed by atoms with Gasteiger partial charge in [-0.1, -0.05) is 98.3 Å². The van der Waals surface area contributed by atoms with Crippen molar-refractivity contribution >= 4 is 11.9 Å². The fourth-order valence-electron chi connectivity index (χ4n) is 3.61. The van der Waals surface area contributed by atoms with Crippen molar-refractivity contribution in [2.24, 2.45) is 0 Å². The van der Waals surface area contributed by atoms with Gasteiger partial charge < -0.3 is 0 Å². The molecule has 0 aromatic heterocycles. The molecule has 164 valence electrons. The number of rotatable bonds is 8. The van der Waals surface area contributed by atoms with Crippen LogP contribution in [0.15, 0.2) is 109 Å². The minimum atomic E-state index is 0. The number of hydrogen-bond acceptors (Lipinski definition) is 1. The van der Waals surface area contributed by atoms with Crippen LogP contribution in [-0.4, -0.2) is 5.78 Å². The number of hydrogen-bond donors (Lipinski definition) is 0. The normalized spacial score (nSPS) is 10.3. The van der Waals surface area contributed by atoms with Crippen LogP contribution < -0.4 is 0 Å². The Bertz CT molecular complexity index is 1020. The third kappa shape index (κ3) is 7.64. The molecule has 0 N–H and O–H groups in total. The summed E-state index contributed by atoms with van der Waals surface area (Å²) in [5.41, 5.74) is 5.67. The minimum absolute atomic E-state index is 0. The van der Waals surface area contributed by atoms with Crippen molar-refractivity contribution < 1.29 is 21.9 Å². The Labute approximate surface area is 203 Å². The summed E-state index contributed by atoms with van der Waals surface area (Å²) in [7, 11) is 0. The van der Waals surface area contributed by atoms with Gasteiger partial charge in [-0.25, -0.2) is 12.1 Å². The van der Waals surface area contributed by atoms with Crippen LogP contribution in [0.25, 0.3) is 17.2 Å². The standard InChI is InChI=1S/C25H25O.C5H5.Fe/c1-2-3-5-13-22-16-10-17-23(25(22)21-14-8-9-15-21)18-19-24(26)20-11-6-4-7-12-20;1-2-4-5-3-1;/h4,6-12,14-19H,2-3,5,13H2,1H3;1-5H;/q2*-1;+2. The number of benzene rings is 2. The molecule has 1 nitrogen and oxygen atoms in total. The van der Waals surface area contributed by atoms with Crippen LogP contribution in [0.4, 0.5) is 0 Å². The molecular weight excluding hydrogens is 432 g/mol. The van der Waals surface area contributed by atoms with Crippen molar-refractivity contribution in [2.75, 3.05) is 0 Å². The van der Waals surface area contributed by atoms with Gasteiger partial charge in [-0.2, -0.15) is 30.3 Å². The van der Waals surface area contributed by atoms with Crippen molar-refractivity contribution in [3.05, 3.63) is 126 Å². The molecule has 2 heteroatoms. The second-order valence-corrected chi connectivity index (χ2v) is 7.54. The Kier molecular flexibility index (Phi) is 11.2. The van der Waals surface area contributed by atoms with Gasteiger partial charge in [0.15, 0.2) is 5.78 Å². The van der Waals surface area contributed by atoms with Gasteiger partial charge in [-0.3, -0.25) is 4.79 Å². The van der Waals surface area contributed by atoms with E-state index in [9.17, 15) is 4.79 Å². The molecule has 0 radical (unpaired) electrons. The summed E-state index contributed by atoms with van der Waals surface area (Å²) in [6.07, 6.45) is 8.38. The predicted molar refractivity (Wildman–Crippen MR) is 133 cm³/mol. The van der Waals surface area contributed by atoms with Crippen LogP contribution in [0.2, 0.25) is 0 Å². The second-order valence-electron chi connectivity index (χ2n) is 7.54. The molecule has 0 saturated carbocycles. The van der Waals surface area contributed by atoms with E-state index in [1.54, 1.807) is 6.08 Å². The fraction of sp³-hybridized carbons (Fsp3) is 0.167. The first-order chi connectivity index (χ1) is 15.3. The maximum atomic E-state index is 12.4. The molecule has 4 aromatic rings. The van der Waals surface area contributed by atoms with Crippen LogP contribution in [0.1, 0.15) is 47.7 Å². The molecule has 0 amide bonds. The minimum Gasteiger partial charge on any atom is -0.289 e. The van der Waals surface area contributed by atoms with Gasteiger partial charge in [0.05, 0.1) is 0 Å². The summed E-state index contributed by atoms with van der Waals surface area (Å²) in [4.78, 5) is 12.4. The van der Waals surface area contributed by atoms with Crippen molar-refractivity contribution in [1.82, 2.24) is 0 Å². The summed E-state index contributed by atoms with van der Waals surface area (Å²) in [5, 5.41) is 0. The van der Waals surface area contributed by atoms with Gasteiger partial charge >= 0.3 is 17.1 Å². The zero-order valence-corrected chi connectivity index (χ0v) is 19.7. The Morgan fingerprint density at radius 1 is 0.875 bits per heavy atom. The molecule has 0 saturated heterocycles. The van der Waals surface area contributed by atoms with Gasteiger partial charge in [-0.05, 0) is 6.08 Å². The monoisotopic (exact) mass is 462 g/mol. The molecule has 0 spiro atoms. The van der Waals surface area contributed by atoms with E-state index in [4.69, 9.17) is 0 Å². The van der Waals surface area contributed by atoms with Gasteiger partial charge in [0.1, 0.15) is 0 Å². The van der Waals surface area contributed by atoms with Gasteiger partial charge in [0.25, 0.3) is 0 Å². The average molecular weight is 462 g/mol. The van der Waals surface area contributed by atoms with Crippen LogP contribution in [0.3, 0.4) is 0 Å². The SMILES string of the molecule is CCCCCc1cccc(C=CC(=O)c2ccccc2)c1-[c-]1cccc1.[Fe+2].c1cc[cH-]c1. The van der Waals surface area contributed by atoms with Crippen molar-refractivity contribution in [1.29, 1.82) is 0 Å². The molecule has 0 atom stereocenters. The van der Waals surface area contributed by atoms with E-state index in [2.05, 4.69) is 49.4 Å². The molecular formula is C30H30FeO. The Morgan fingerprint density at radius 2 is 1.59 bits per heavy atom. The number of aryl methyl sites for hydroxylation is 1. The average Bonchev–Trinajstić information content (AvgIpc) is 3.55. The van der Waals surface area contributed by atoms with E-state index in [0.717, 1.165) is 17.5 Å². The molecule has 32 heavy (non-hydrogen) atoms. The smallest absolute Gasteiger partial charge is 0.289 e. The summed E-state index contributed by atoms with van der Waals surface area (Å²) in [6, 6.07) is 34.3. The zero-order chi connectivity index (χ0) is 21.7. The third-order valence-electron chi connectivity index (χ3n) is 5.21. The fourth-order valence-corrected chi connectivity index (χ4v) is 3.61. The first-order valence-corrected chi connectivity index (χ1v) is 11.1. The quantitative estimate of drug-likeness (QED) is 0.0850. The van der Waals surface area contributed by atoms with Crippen molar-refractivity contribution in [3.63, 3.8) is 0 Å². The molecule has 0 aliphatic carbocycles. The van der Waals surface area contributed by atoms with E-state index in [1.807, 2.05) is 66.7 Å². The van der Waals surface area contributed by atoms with E-state index in [0.29, 0.717) is 0 Å². The van der Waals surface area contributed by atoms with Crippen LogP contribution in [0.5, 0.6) is 0 Å². The Balaban J connectivity index is 0.000000534. The molecule has 4 rings (SSSR count). The second kappa shape index (κ2) is 14.2. The summed E-state index contributed by atoms with van der Waals surface area (Å²) >= 11 is 0. The maximum absolute atomic E-state index is 12.4. The topological polar surface area (TPSA) is 17.1 Å². The van der Waals surface area contributed by atoms with Crippen LogP contribution in [0, 0.1) is 0 Å². The number of allylic oxidation sites excluding steroid dienone is 1. The summed E-state index contributed by atoms with van der Waals surface area (Å²) < 4.78 is 0. The Hall–Kier alpha value is -2.93. The molecule has 0 aliphatic heterocycles. The zero-order valence-electron chi connectivity index (χ0n) is 18.6. The maximum Gasteiger partial charge on any atom is 2.00 e. The molecule has 0 unspecified atom stereocenters. The first kappa shape index (κ1) is 25.3. The number of carbonyl (C=O) groups is 1. The first-order valence-electron chi connectivity index (χ1n) is 11.1. The molecule has 4 aromatic carbocycles. The van der Waals surface area contributed by atoms with E-state index >= 15 is 0 Å². The van der Waals surface area contributed by atoms with Gasteiger partial charge in [0.2, 0.25) is 0 Å². The molecule has 0 fully saturated rings. The number of unbranched alkanes of at least 4 members (excludes halogenated alkanes) is 2. The molecule has 0 aliphatic rings. The molecule has 0 bridgehead atoms. The largest absolute Gasteiger partial charge is 2.00 e. The predicted octanol–water partition coefficient (Wildman–Crippen LogP) is 8.10. The summed E-state index contributed by atoms with van der Waals surface area (Å²) in [5.74, 6) is 0.0374. The van der Waals surface area contributed by atoms with Crippen LogP contribution in [-0.2, 0) is 23.5 Å². The van der Waals surface area contributed by atoms with Crippen molar-refractivity contribution in [3.8, 4) is 11.1 Å². The van der Waals surface area contributed by atoms with E-state index < -0.39 is 0 Å². The number of carbonyl (C=O) groups excluding carboxylic acids is 1. The number of ketones is 1. The third-order valence-corrected chi connectivity index (χ3v) is 5.21. The van der Waals surface area contributed by atoms with Crippen molar-refractivity contribution in [2.45, 2.75) is 32.6 Å². The van der Waals surface area contributed by atoms with Gasteiger partial charge in [0, 0.05) is 5.56 Å². The Morgan fingerprint density at radius 3 is 2.22 bits per heavy atom. The van der Waals surface area contributed by atoms with Crippen LogP contribution >= 0.6 is 0 Å². The van der Waals surface area contributed by atoms with Gasteiger partial charge in [-0.15, -0.1) is 23.3 Å². The van der Waals surface area contributed by atoms with E-state index in [-0.39, 0.29) is 22.9 Å². The van der Waals surface area contributed by atoms with E-state index in [1.165, 1.54) is 36.0 Å². The molecule has 0 heterocycles.